The minimum atomic E-state index is -3.76. The predicted molar refractivity (Wildman–Crippen MR) is 69.6 cm³/mol. The minimum Gasteiger partial charge on any atom is -0.550 e. The number of non-ortho nitro benzene ring substituents is 1. The fourth-order valence-corrected chi connectivity index (χ4v) is 3.69. The lowest BCUT2D eigenvalue weighted by Gasteiger charge is -2.31. The lowest BCUT2D eigenvalue weighted by atomic mass is 9.99. The second-order valence-corrected chi connectivity index (χ2v) is 6.69. The highest BCUT2D eigenvalue weighted by molar-refractivity contribution is 7.89. The smallest absolute Gasteiger partial charge is 0.269 e. The van der Waals surface area contributed by atoms with Crippen LogP contribution in [0.5, 0.6) is 0 Å². The number of piperidine rings is 1. The predicted octanol–water partition coefficient (Wildman–Crippen LogP) is -0.255. The van der Waals surface area contributed by atoms with Crippen LogP contribution >= 0.6 is 0 Å². The Bertz CT molecular complexity index is 647. The summed E-state index contributed by atoms with van der Waals surface area (Å²) in [6.45, 7) is 0.190. The number of carbonyl (C=O) groups excluding carboxylic acids is 1. The average molecular weight is 313 g/mol. The van der Waals surface area contributed by atoms with Gasteiger partial charge in [0.25, 0.3) is 5.69 Å². The van der Waals surface area contributed by atoms with Crippen LogP contribution in [0.1, 0.15) is 12.8 Å². The SMILES string of the molecule is O=C([O-])C1CCN(S(=O)(=O)c2ccc([N+](=O)[O-])cc2)CC1. The fourth-order valence-electron chi connectivity index (χ4n) is 2.22. The van der Waals surface area contributed by atoms with Gasteiger partial charge in [-0.15, -0.1) is 0 Å². The van der Waals surface area contributed by atoms with Crippen LogP contribution in [0.2, 0.25) is 0 Å². The summed E-state index contributed by atoms with van der Waals surface area (Å²) < 4.78 is 25.9. The van der Waals surface area contributed by atoms with E-state index in [1.165, 1.54) is 16.4 Å². The van der Waals surface area contributed by atoms with Crippen molar-refractivity contribution in [1.82, 2.24) is 4.31 Å². The van der Waals surface area contributed by atoms with Crippen LogP contribution < -0.4 is 5.11 Å². The largest absolute Gasteiger partial charge is 0.550 e. The molecule has 0 amide bonds. The van der Waals surface area contributed by atoms with Crippen molar-refractivity contribution in [3.63, 3.8) is 0 Å². The number of nitro benzene ring substituents is 1. The molecule has 0 atom stereocenters. The van der Waals surface area contributed by atoms with Gasteiger partial charge in [0.1, 0.15) is 0 Å². The first-order chi connectivity index (χ1) is 9.82. The number of benzene rings is 1. The summed E-state index contributed by atoms with van der Waals surface area (Å²) in [5, 5.41) is 21.3. The van der Waals surface area contributed by atoms with Crippen LogP contribution in [0.25, 0.3) is 0 Å². The maximum absolute atomic E-state index is 12.3. The zero-order valence-electron chi connectivity index (χ0n) is 11.0. The third-order valence-corrected chi connectivity index (χ3v) is 5.39. The first-order valence-electron chi connectivity index (χ1n) is 6.28. The molecule has 0 aromatic heterocycles. The van der Waals surface area contributed by atoms with E-state index in [1.807, 2.05) is 0 Å². The Hall–Kier alpha value is -2.00. The number of nitro groups is 1. The third kappa shape index (κ3) is 3.19. The van der Waals surface area contributed by atoms with E-state index >= 15 is 0 Å². The van der Waals surface area contributed by atoms with Crippen molar-refractivity contribution in [3.05, 3.63) is 34.4 Å². The maximum Gasteiger partial charge on any atom is 0.269 e. The van der Waals surface area contributed by atoms with E-state index in [1.54, 1.807) is 0 Å². The average Bonchev–Trinajstić information content (AvgIpc) is 2.47. The van der Waals surface area contributed by atoms with Gasteiger partial charge in [0.05, 0.1) is 9.82 Å². The molecule has 9 heteroatoms. The molecule has 114 valence electrons. The van der Waals surface area contributed by atoms with E-state index in [4.69, 9.17) is 0 Å². The molecule has 0 saturated carbocycles. The number of carbonyl (C=O) groups is 1. The topological polar surface area (TPSA) is 121 Å². The molecular formula is C12H13N2O6S-. The van der Waals surface area contributed by atoms with Gasteiger partial charge < -0.3 is 9.90 Å². The Morgan fingerprint density at radius 1 is 1.19 bits per heavy atom. The highest BCUT2D eigenvalue weighted by Gasteiger charge is 2.30. The Balaban J connectivity index is 2.15. The molecule has 1 aromatic carbocycles. The second kappa shape index (κ2) is 5.78. The number of hydrogen-bond donors (Lipinski definition) is 0. The van der Waals surface area contributed by atoms with Crippen molar-refractivity contribution in [3.8, 4) is 0 Å². The van der Waals surface area contributed by atoms with Crippen LogP contribution in [0.4, 0.5) is 5.69 Å². The molecule has 1 heterocycles. The summed E-state index contributed by atoms with van der Waals surface area (Å²) in [5.41, 5.74) is -0.190. The normalized spacial score (nSPS) is 17.5. The van der Waals surface area contributed by atoms with Gasteiger partial charge in [0.2, 0.25) is 10.0 Å². The number of rotatable bonds is 4. The first kappa shape index (κ1) is 15.4. The lowest BCUT2D eigenvalue weighted by Crippen LogP contribution is -2.43. The van der Waals surface area contributed by atoms with Gasteiger partial charge in [-0.1, -0.05) is 0 Å². The number of carboxylic acid groups (broad SMARTS) is 1. The summed E-state index contributed by atoms with van der Waals surface area (Å²) in [6, 6.07) is 4.61. The number of carboxylic acids is 1. The molecule has 1 aliphatic heterocycles. The van der Waals surface area contributed by atoms with Crippen molar-refractivity contribution in [2.24, 2.45) is 5.92 Å². The summed E-state index contributed by atoms with van der Waals surface area (Å²) >= 11 is 0. The van der Waals surface area contributed by atoms with Gasteiger partial charge in [-0.25, -0.2) is 8.42 Å². The van der Waals surface area contributed by atoms with Crippen LogP contribution in [0, 0.1) is 16.0 Å². The van der Waals surface area contributed by atoms with Crippen molar-refractivity contribution in [2.45, 2.75) is 17.7 Å². The Kier molecular flexibility index (Phi) is 4.24. The summed E-state index contributed by atoms with van der Waals surface area (Å²) in [4.78, 5) is 20.6. The number of aliphatic carboxylic acids is 1. The zero-order valence-corrected chi connectivity index (χ0v) is 11.8. The third-order valence-electron chi connectivity index (χ3n) is 3.47. The molecule has 1 fully saturated rings. The Labute approximate surface area is 121 Å². The molecule has 2 rings (SSSR count). The molecule has 0 bridgehead atoms. The minimum absolute atomic E-state index is 0.0417. The Morgan fingerprint density at radius 3 is 2.14 bits per heavy atom. The quantitative estimate of drug-likeness (QED) is 0.558. The van der Waals surface area contributed by atoms with E-state index < -0.39 is 26.8 Å². The molecule has 0 spiro atoms. The van der Waals surface area contributed by atoms with E-state index in [9.17, 15) is 28.4 Å². The summed E-state index contributed by atoms with van der Waals surface area (Å²) in [7, 11) is -3.76. The highest BCUT2D eigenvalue weighted by Crippen LogP contribution is 2.24. The van der Waals surface area contributed by atoms with E-state index in [-0.39, 0.29) is 36.5 Å². The molecular weight excluding hydrogens is 300 g/mol. The van der Waals surface area contributed by atoms with E-state index in [2.05, 4.69) is 0 Å². The summed E-state index contributed by atoms with van der Waals surface area (Å²) in [5.74, 6) is -1.80. The van der Waals surface area contributed by atoms with Crippen LogP contribution in [0.3, 0.4) is 0 Å². The molecule has 0 N–H and O–H groups in total. The molecule has 1 saturated heterocycles. The molecule has 0 unspecified atom stereocenters. The molecule has 1 aliphatic rings. The summed E-state index contributed by atoms with van der Waals surface area (Å²) in [6.07, 6.45) is 0.406. The molecule has 0 aliphatic carbocycles. The van der Waals surface area contributed by atoms with E-state index in [0.29, 0.717) is 0 Å². The van der Waals surface area contributed by atoms with Gasteiger partial charge in [-0.2, -0.15) is 4.31 Å². The number of hydrogen-bond acceptors (Lipinski definition) is 6. The van der Waals surface area contributed by atoms with Crippen molar-refractivity contribution in [2.75, 3.05) is 13.1 Å². The molecule has 21 heavy (non-hydrogen) atoms. The lowest BCUT2D eigenvalue weighted by molar-refractivity contribution is -0.384. The van der Waals surface area contributed by atoms with Crippen molar-refractivity contribution in [1.29, 1.82) is 0 Å². The van der Waals surface area contributed by atoms with Gasteiger partial charge in [0.15, 0.2) is 0 Å². The standard InChI is InChI=1S/C12H14N2O6S/c15-12(16)9-5-7-13(8-6-9)21(19,20)11-3-1-10(2-4-11)14(17)18/h1-4,9H,5-8H2,(H,15,16)/p-1. The van der Waals surface area contributed by atoms with Crippen LogP contribution in [0.15, 0.2) is 29.2 Å². The maximum atomic E-state index is 12.3. The number of nitrogens with zero attached hydrogens (tertiary/aromatic N) is 2. The van der Waals surface area contributed by atoms with Crippen LogP contribution in [-0.2, 0) is 14.8 Å². The van der Waals surface area contributed by atoms with Crippen molar-refractivity contribution < 1.29 is 23.2 Å². The molecule has 8 nitrogen and oxygen atoms in total. The Morgan fingerprint density at radius 2 is 1.71 bits per heavy atom. The number of sulfonamides is 1. The fraction of sp³-hybridized carbons (Fsp3) is 0.417. The molecule has 0 radical (unpaired) electrons. The highest BCUT2D eigenvalue weighted by atomic mass is 32.2. The first-order valence-corrected chi connectivity index (χ1v) is 7.72. The van der Waals surface area contributed by atoms with Crippen LogP contribution in [-0.4, -0.2) is 36.7 Å². The zero-order chi connectivity index (χ0) is 15.6. The van der Waals surface area contributed by atoms with Crippen molar-refractivity contribution >= 4 is 21.7 Å². The van der Waals surface area contributed by atoms with Gasteiger partial charge >= 0.3 is 0 Å². The molecule has 1 aromatic rings. The van der Waals surface area contributed by atoms with E-state index in [0.717, 1.165) is 12.1 Å². The van der Waals surface area contributed by atoms with Gasteiger partial charge in [-0.05, 0) is 25.0 Å². The van der Waals surface area contributed by atoms with Gasteiger partial charge in [0, 0.05) is 37.1 Å². The monoisotopic (exact) mass is 313 g/mol. The second-order valence-electron chi connectivity index (χ2n) is 4.75. The van der Waals surface area contributed by atoms with Gasteiger partial charge in [-0.3, -0.25) is 10.1 Å².